The molecule has 1 aliphatic rings. The predicted molar refractivity (Wildman–Crippen MR) is 99.2 cm³/mol. The number of carbonyl (C=O) groups excluding carboxylic acids is 1. The van der Waals surface area contributed by atoms with Gasteiger partial charge in [0.2, 0.25) is 5.91 Å². The monoisotopic (exact) mass is 348 g/mol. The number of aromatic nitrogens is 2. The van der Waals surface area contributed by atoms with Gasteiger partial charge in [-0.15, -0.1) is 12.4 Å². The lowest BCUT2D eigenvalue weighted by atomic mass is 10.00. The van der Waals surface area contributed by atoms with E-state index in [1.54, 1.807) is 4.68 Å². The van der Waals surface area contributed by atoms with Crippen molar-refractivity contribution in [2.24, 2.45) is 18.7 Å². The van der Waals surface area contributed by atoms with Crippen molar-refractivity contribution >= 4 is 24.1 Å². The Bertz CT molecular complexity index is 713. The molecule has 0 spiro atoms. The minimum atomic E-state index is 0. The molecule has 0 unspecified atom stereocenters. The van der Waals surface area contributed by atoms with Crippen molar-refractivity contribution in [3.63, 3.8) is 0 Å². The fourth-order valence-electron chi connectivity index (χ4n) is 3.33. The molecule has 1 saturated carbocycles. The summed E-state index contributed by atoms with van der Waals surface area (Å²) in [6.45, 7) is 2.06. The first-order valence-electron chi connectivity index (χ1n) is 8.20. The number of carbonyl (C=O) groups is 1. The number of hydrogen-bond donors (Lipinski definition) is 2. The van der Waals surface area contributed by atoms with Gasteiger partial charge >= 0.3 is 0 Å². The summed E-state index contributed by atoms with van der Waals surface area (Å²) in [5.74, 6) is 1.05. The molecule has 2 aromatic rings. The second kappa shape index (κ2) is 7.81. The summed E-state index contributed by atoms with van der Waals surface area (Å²) in [5, 5.41) is 7.49. The molecule has 1 heterocycles. The first-order valence-corrected chi connectivity index (χ1v) is 8.20. The van der Waals surface area contributed by atoms with E-state index < -0.39 is 0 Å². The molecule has 5 nitrogen and oxygen atoms in total. The van der Waals surface area contributed by atoms with E-state index >= 15 is 0 Å². The lowest BCUT2D eigenvalue weighted by Gasteiger charge is -2.14. The van der Waals surface area contributed by atoms with Crippen molar-refractivity contribution in [3.8, 4) is 11.3 Å². The standard InChI is InChI=1S/C18H24N4O.ClH/c1-12-6-3-4-8-14(12)16-11-17(22(2)21-16)20-18(23)10-13-7-5-9-15(13)19;/h3-4,6,8,11,13,15H,5,7,9-10,19H2,1-2H3,(H,20,23);1H/t13-,15+;/m0./s1. The summed E-state index contributed by atoms with van der Waals surface area (Å²) in [4.78, 5) is 12.3. The molecule has 0 saturated heterocycles. The summed E-state index contributed by atoms with van der Waals surface area (Å²) in [6.07, 6.45) is 3.70. The van der Waals surface area contributed by atoms with Crippen LogP contribution in [0.25, 0.3) is 11.3 Å². The summed E-state index contributed by atoms with van der Waals surface area (Å²) in [6, 6.07) is 10.2. The van der Waals surface area contributed by atoms with Crippen molar-refractivity contribution < 1.29 is 4.79 Å². The van der Waals surface area contributed by atoms with Crippen LogP contribution in [0.3, 0.4) is 0 Å². The maximum absolute atomic E-state index is 12.3. The zero-order chi connectivity index (χ0) is 16.4. The van der Waals surface area contributed by atoms with Crippen molar-refractivity contribution in [1.29, 1.82) is 0 Å². The number of halogens is 1. The van der Waals surface area contributed by atoms with Gasteiger partial charge in [-0.05, 0) is 31.2 Å². The van der Waals surface area contributed by atoms with Crippen LogP contribution < -0.4 is 11.1 Å². The molecule has 0 aliphatic heterocycles. The predicted octanol–water partition coefficient (Wildman–Crippen LogP) is 3.27. The van der Waals surface area contributed by atoms with Crippen molar-refractivity contribution in [3.05, 3.63) is 35.9 Å². The summed E-state index contributed by atoms with van der Waals surface area (Å²) in [7, 11) is 1.85. The Morgan fingerprint density at radius 1 is 1.38 bits per heavy atom. The number of nitrogens with one attached hydrogen (secondary N) is 1. The van der Waals surface area contributed by atoms with Crippen LogP contribution in [0.4, 0.5) is 5.82 Å². The Morgan fingerprint density at radius 2 is 2.12 bits per heavy atom. The number of amides is 1. The van der Waals surface area contributed by atoms with Gasteiger partial charge in [-0.2, -0.15) is 5.10 Å². The highest BCUT2D eigenvalue weighted by molar-refractivity contribution is 5.90. The first kappa shape index (κ1) is 18.5. The largest absolute Gasteiger partial charge is 0.327 e. The maximum Gasteiger partial charge on any atom is 0.225 e. The number of aryl methyl sites for hydroxylation is 2. The van der Waals surface area contributed by atoms with E-state index in [4.69, 9.17) is 5.73 Å². The van der Waals surface area contributed by atoms with E-state index in [1.807, 2.05) is 31.3 Å². The second-order valence-electron chi connectivity index (χ2n) is 6.46. The molecular formula is C18H25ClN4O. The molecule has 2 atom stereocenters. The Labute approximate surface area is 149 Å². The number of nitrogens with zero attached hydrogens (tertiary/aromatic N) is 2. The second-order valence-corrected chi connectivity index (χ2v) is 6.46. The number of hydrogen-bond acceptors (Lipinski definition) is 3. The number of rotatable bonds is 4. The fraction of sp³-hybridized carbons (Fsp3) is 0.444. The average Bonchev–Trinajstić information content (AvgIpc) is 3.07. The number of nitrogens with two attached hydrogens (primary N) is 1. The molecule has 0 bridgehead atoms. The molecule has 3 rings (SSSR count). The highest BCUT2D eigenvalue weighted by Crippen LogP contribution is 2.28. The van der Waals surface area contributed by atoms with E-state index in [-0.39, 0.29) is 24.4 Å². The summed E-state index contributed by atoms with van der Waals surface area (Å²) >= 11 is 0. The molecule has 3 N–H and O–H groups in total. The third-order valence-corrected chi connectivity index (χ3v) is 4.73. The van der Waals surface area contributed by atoms with Crippen LogP contribution in [0, 0.1) is 12.8 Å². The maximum atomic E-state index is 12.3. The van der Waals surface area contributed by atoms with Crippen LogP contribution in [-0.4, -0.2) is 21.7 Å². The average molecular weight is 349 g/mol. The number of benzene rings is 1. The summed E-state index contributed by atoms with van der Waals surface area (Å²) < 4.78 is 1.72. The molecule has 24 heavy (non-hydrogen) atoms. The van der Waals surface area contributed by atoms with Gasteiger partial charge in [0.05, 0.1) is 5.69 Å². The van der Waals surface area contributed by atoms with Crippen LogP contribution in [0.15, 0.2) is 30.3 Å². The third kappa shape index (κ3) is 3.97. The van der Waals surface area contributed by atoms with Gasteiger partial charge in [0.25, 0.3) is 0 Å². The lowest BCUT2D eigenvalue weighted by Crippen LogP contribution is -2.28. The van der Waals surface area contributed by atoms with Gasteiger partial charge in [-0.3, -0.25) is 9.48 Å². The molecule has 0 radical (unpaired) electrons. The molecule has 1 aromatic carbocycles. The van der Waals surface area contributed by atoms with Gasteiger partial charge in [-0.25, -0.2) is 0 Å². The quantitative estimate of drug-likeness (QED) is 0.890. The van der Waals surface area contributed by atoms with Crippen LogP contribution in [0.5, 0.6) is 0 Å². The Morgan fingerprint density at radius 3 is 2.79 bits per heavy atom. The van der Waals surface area contributed by atoms with Gasteiger partial charge in [0, 0.05) is 31.1 Å². The first-order chi connectivity index (χ1) is 11.0. The van der Waals surface area contributed by atoms with Crippen molar-refractivity contribution in [2.45, 2.75) is 38.6 Å². The van der Waals surface area contributed by atoms with E-state index in [2.05, 4.69) is 23.4 Å². The highest BCUT2D eigenvalue weighted by atomic mass is 35.5. The molecule has 1 amide bonds. The van der Waals surface area contributed by atoms with Crippen LogP contribution in [0.1, 0.15) is 31.2 Å². The van der Waals surface area contributed by atoms with Crippen LogP contribution >= 0.6 is 12.4 Å². The Kier molecular flexibility index (Phi) is 6.02. The topological polar surface area (TPSA) is 72.9 Å². The van der Waals surface area contributed by atoms with Gasteiger partial charge in [0.1, 0.15) is 5.82 Å². The normalized spacial score (nSPS) is 19.8. The van der Waals surface area contributed by atoms with Gasteiger partial charge < -0.3 is 11.1 Å². The lowest BCUT2D eigenvalue weighted by molar-refractivity contribution is -0.117. The minimum absolute atomic E-state index is 0. The van der Waals surface area contributed by atoms with E-state index in [9.17, 15) is 4.79 Å². The third-order valence-electron chi connectivity index (χ3n) is 4.73. The smallest absolute Gasteiger partial charge is 0.225 e. The number of anilines is 1. The van der Waals surface area contributed by atoms with E-state index in [0.29, 0.717) is 12.3 Å². The molecule has 6 heteroatoms. The highest BCUT2D eigenvalue weighted by Gasteiger charge is 2.26. The summed E-state index contributed by atoms with van der Waals surface area (Å²) in [5.41, 5.74) is 9.18. The van der Waals surface area contributed by atoms with Crippen molar-refractivity contribution in [2.75, 3.05) is 5.32 Å². The van der Waals surface area contributed by atoms with Crippen LogP contribution in [0.2, 0.25) is 0 Å². The van der Waals surface area contributed by atoms with E-state index in [1.165, 1.54) is 5.56 Å². The van der Waals surface area contributed by atoms with Gasteiger partial charge in [-0.1, -0.05) is 30.7 Å². The van der Waals surface area contributed by atoms with Crippen molar-refractivity contribution in [1.82, 2.24) is 9.78 Å². The van der Waals surface area contributed by atoms with Gasteiger partial charge in [0.15, 0.2) is 0 Å². The zero-order valence-corrected chi connectivity index (χ0v) is 15.0. The zero-order valence-electron chi connectivity index (χ0n) is 14.2. The SMILES string of the molecule is Cc1ccccc1-c1cc(NC(=O)C[C@@H]2CCC[C@H]2N)n(C)n1.Cl. The van der Waals surface area contributed by atoms with Crippen LogP contribution in [-0.2, 0) is 11.8 Å². The fourth-order valence-corrected chi connectivity index (χ4v) is 3.33. The molecule has 1 fully saturated rings. The Hall–Kier alpha value is -1.85. The molecule has 130 valence electrons. The molecule has 1 aromatic heterocycles. The molecule has 1 aliphatic carbocycles. The Balaban J connectivity index is 0.00000208. The van der Waals surface area contributed by atoms with E-state index in [0.717, 1.165) is 36.3 Å². The minimum Gasteiger partial charge on any atom is -0.327 e. The molecular weight excluding hydrogens is 324 g/mol.